The molecule has 2 aliphatic carbocycles. The second-order valence-electron chi connectivity index (χ2n) is 25.5. The van der Waals surface area contributed by atoms with Crippen LogP contribution in [-0.4, -0.2) is 12.4 Å². The molecular weight excluding hydrogens is 840 g/mol. The summed E-state index contributed by atoms with van der Waals surface area (Å²) in [5.74, 6) is 0. The molecule has 3 aliphatic heterocycles. The number of anilines is 4. The van der Waals surface area contributed by atoms with Crippen LogP contribution in [0.15, 0.2) is 115 Å². The molecule has 0 saturated heterocycles. The quantitative estimate of drug-likeness (QED) is 0.160. The highest BCUT2D eigenvalue weighted by atomic mass is 32.1. The van der Waals surface area contributed by atoms with E-state index < -0.39 is 0 Å². The lowest BCUT2D eigenvalue weighted by atomic mass is 9.41. The summed E-state index contributed by atoms with van der Waals surface area (Å²) in [5.41, 5.74) is 21.3. The number of nitrogens with zero attached hydrogens (tertiary/aromatic N) is 2. The molecule has 7 aromatic carbocycles. The fraction of sp³-hybridized carbons (Fsp3) is 0.375. The molecule has 4 heterocycles. The maximum atomic E-state index is 3.04. The number of fused-ring (bicyclic) bond motifs is 14. The molecule has 68 heavy (non-hydrogen) atoms. The van der Waals surface area contributed by atoms with E-state index in [1.165, 1.54) is 148 Å². The van der Waals surface area contributed by atoms with Crippen LogP contribution in [0, 0.1) is 0 Å². The zero-order valence-corrected chi connectivity index (χ0v) is 43.4. The maximum Gasteiger partial charge on any atom is 0.328 e. The van der Waals surface area contributed by atoms with Gasteiger partial charge in [0.2, 0.25) is 0 Å². The number of thiophene rings is 1. The average Bonchev–Trinajstić information content (AvgIpc) is 3.78. The van der Waals surface area contributed by atoms with E-state index in [9.17, 15) is 0 Å². The summed E-state index contributed by atoms with van der Waals surface area (Å²) < 4.78 is 2.79. The van der Waals surface area contributed by atoms with E-state index in [-0.39, 0.29) is 39.5 Å². The highest BCUT2D eigenvalue weighted by Gasteiger charge is 2.63. The van der Waals surface area contributed by atoms with Crippen molar-refractivity contribution in [3.05, 3.63) is 143 Å². The van der Waals surface area contributed by atoms with Gasteiger partial charge in [0.25, 0.3) is 0 Å². The molecule has 0 N–H and O–H groups in total. The van der Waals surface area contributed by atoms with E-state index in [1.807, 2.05) is 11.3 Å². The summed E-state index contributed by atoms with van der Waals surface area (Å²) in [6, 6.07) is 46.3. The van der Waals surface area contributed by atoms with E-state index in [4.69, 9.17) is 0 Å². The van der Waals surface area contributed by atoms with Crippen molar-refractivity contribution >= 4 is 82.8 Å². The van der Waals surface area contributed by atoms with Crippen molar-refractivity contribution in [1.29, 1.82) is 0 Å². The normalized spacial score (nSPS) is 22.0. The van der Waals surface area contributed by atoms with Crippen molar-refractivity contribution in [3.8, 4) is 22.3 Å². The van der Waals surface area contributed by atoms with E-state index in [0.29, 0.717) is 0 Å². The van der Waals surface area contributed by atoms with Crippen LogP contribution in [0.25, 0.3) is 53.2 Å². The third-order valence-corrected chi connectivity index (χ3v) is 19.7. The molecule has 0 radical (unpaired) electrons. The van der Waals surface area contributed by atoms with Gasteiger partial charge in [-0.3, -0.25) is 0 Å². The van der Waals surface area contributed by atoms with Crippen LogP contribution in [0.2, 0.25) is 0 Å². The van der Waals surface area contributed by atoms with Crippen LogP contribution < -0.4 is 20.6 Å². The lowest BCUT2D eigenvalue weighted by molar-refractivity contribution is 0.199. The van der Waals surface area contributed by atoms with Crippen molar-refractivity contribution in [1.82, 2.24) is 0 Å². The zero-order valence-electron chi connectivity index (χ0n) is 42.6. The fourth-order valence-corrected chi connectivity index (χ4v) is 15.4. The van der Waals surface area contributed by atoms with Gasteiger partial charge in [0.1, 0.15) is 0 Å². The van der Waals surface area contributed by atoms with Crippen molar-refractivity contribution in [2.45, 2.75) is 154 Å². The number of hydrogen-bond acceptors (Lipinski definition) is 3. The molecule has 0 bridgehead atoms. The molecule has 13 rings (SSSR count). The maximum absolute atomic E-state index is 3.04. The van der Waals surface area contributed by atoms with E-state index in [1.54, 1.807) is 5.56 Å². The SMILES string of the molecule is CC(C)(C)c1ccc(N2c3cc4ccccc4c4c3B(c3ccc5sc6cc7c(cc6c5c32)C(C)(C)CCC7(C)C)N2c3c-4cc(C(C)(C)C)cc3C3(C)CCCCC23C)c(-c2ccccc2)c1. The molecule has 1 saturated carbocycles. The Bertz CT molecular complexity index is 3490. The van der Waals surface area contributed by atoms with Gasteiger partial charge in [-0.15, -0.1) is 11.3 Å². The molecule has 2 atom stereocenters. The number of hydrogen-bond donors (Lipinski definition) is 0. The van der Waals surface area contributed by atoms with Crippen LogP contribution in [-0.2, 0) is 27.1 Å². The van der Waals surface area contributed by atoms with Crippen LogP contribution in [0.3, 0.4) is 0 Å². The first-order chi connectivity index (χ1) is 32.2. The summed E-state index contributed by atoms with van der Waals surface area (Å²) in [6.07, 6.45) is 7.33. The molecule has 0 spiro atoms. The summed E-state index contributed by atoms with van der Waals surface area (Å²) >= 11 is 2.01. The van der Waals surface area contributed by atoms with Gasteiger partial charge >= 0.3 is 6.85 Å². The van der Waals surface area contributed by atoms with E-state index in [0.717, 1.165) is 0 Å². The Balaban J connectivity index is 1.23. The molecule has 1 aromatic heterocycles. The average molecular weight is 907 g/mol. The van der Waals surface area contributed by atoms with Crippen LogP contribution in [0.1, 0.15) is 149 Å². The second-order valence-corrected chi connectivity index (χ2v) is 26.6. The summed E-state index contributed by atoms with van der Waals surface area (Å²) in [7, 11) is 0. The Hall–Kier alpha value is -5.32. The monoisotopic (exact) mass is 907 g/mol. The van der Waals surface area contributed by atoms with Crippen LogP contribution in [0.4, 0.5) is 22.7 Å². The van der Waals surface area contributed by atoms with E-state index in [2.05, 4.69) is 208 Å². The Morgan fingerprint density at radius 1 is 0.544 bits per heavy atom. The van der Waals surface area contributed by atoms with Gasteiger partial charge in [-0.2, -0.15) is 0 Å². The van der Waals surface area contributed by atoms with Gasteiger partial charge in [-0.25, -0.2) is 0 Å². The van der Waals surface area contributed by atoms with Crippen molar-refractivity contribution in [2.75, 3.05) is 9.71 Å². The van der Waals surface area contributed by atoms with Gasteiger partial charge in [-0.1, -0.05) is 162 Å². The molecule has 8 aromatic rings. The zero-order chi connectivity index (χ0) is 47.2. The molecule has 2 nitrogen and oxygen atoms in total. The van der Waals surface area contributed by atoms with Gasteiger partial charge in [0.05, 0.1) is 11.4 Å². The third kappa shape index (κ3) is 5.59. The molecule has 0 amide bonds. The Kier molecular flexibility index (Phi) is 8.63. The summed E-state index contributed by atoms with van der Waals surface area (Å²) in [4.78, 5) is 5.82. The van der Waals surface area contributed by atoms with Crippen LogP contribution in [0.5, 0.6) is 0 Å². The highest BCUT2D eigenvalue weighted by Crippen LogP contribution is 2.65. The Morgan fingerprint density at radius 2 is 1.22 bits per heavy atom. The predicted octanol–water partition coefficient (Wildman–Crippen LogP) is 16.8. The third-order valence-electron chi connectivity index (χ3n) is 18.6. The van der Waals surface area contributed by atoms with Gasteiger partial charge < -0.3 is 9.71 Å². The fourth-order valence-electron chi connectivity index (χ4n) is 14.2. The topological polar surface area (TPSA) is 6.48 Å². The standard InChI is InChI=1S/C64H67BN2S/c1-59(2,3)40-24-26-50(43(33-40)38-20-14-13-15-21-38)66-51-32-39-22-16-17-23-42(39)54-45-34-41(60(4,5)6)35-48-57(45)67(64(12)29-19-18-28-63(48,64)11)65(56(51)54)49-25-27-52-55(58(49)66)44-36-46-47(37-53(44)68-52)62(9,10)31-30-61(46,7)8/h13-17,20-27,32-37H,18-19,28-31H2,1-12H3. The molecule has 1 fully saturated rings. The minimum Gasteiger partial charge on any atom is -0.400 e. The first-order valence-electron chi connectivity index (χ1n) is 25.8. The Morgan fingerprint density at radius 3 is 1.96 bits per heavy atom. The predicted molar refractivity (Wildman–Crippen MR) is 297 cm³/mol. The van der Waals surface area contributed by atoms with Gasteiger partial charge in [0, 0.05) is 53.6 Å². The molecule has 4 heteroatoms. The highest BCUT2D eigenvalue weighted by molar-refractivity contribution is 7.26. The lowest BCUT2D eigenvalue weighted by Gasteiger charge is -2.55. The van der Waals surface area contributed by atoms with Crippen molar-refractivity contribution in [3.63, 3.8) is 0 Å². The van der Waals surface area contributed by atoms with Gasteiger partial charge in [-0.05, 0) is 157 Å². The largest absolute Gasteiger partial charge is 0.400 e. The molecule has 2 unspecified atom stereocenters. The van der Waals surface area contributed by atoms with Crippen molar-refractivity contribution < 1.29 is 0 Å². The smallest absolute Gasteiger partial charge is 0.328 e. The van der Waals surface area contributed by atoms with E-state index >= 15 is 0 Å². The van der Waals surface area contributed by atoms with Crippen LogP contribution >= 0.6 is 11.3 Å². The first-order valence-corrected chi connectivity index (χ1v) is 26.6. The minimum atomic E-state index is -0.0759. The Labute approximate surface area is 409 Å². The number of rotatable bonds is 2. The second kappa shape index (κ2) is 13.7. The summed E-state index contributed by atoms with van der Waals surface area (Å²) in [6.45, 7) is 29.6. The molecule has 342 valence electrons. The molecular formula is C64H67BN2S. The number of benzene rings is 7. The first kappa shape index (κ1) is 42.8. The lowest BCUT2D eigenvalue weighted by Crippen LogP contribution is -2.70. The summed E-state index contributed by atoms with van der Waals surface area (Å²) in [5, 5.41) is 5.49. The van der Waals surface area contributed by atoms with Crippen molar-refractivity contribution in [2.24, 2.45) is 0 Å². The minimum absolute atomic E-state index is 0.00548. The molecule has 5 aliphatic rings. The van der Waals surface area contributed by atoms with Gasteiger partial charge in [0.15, 0.2) is 0 Å².